The summed E-state index contributed by atoms with van der Waals surface area (Å²) in [6, 6.07) is 10.3. The van der Waals surface area contributed by atoms with E-state index < -0.39 is 40.8 Å². The molecule has 2 amide bonds. The summed E-state index contributed by atoms with van der Waals surface area (Å²) in [7, 11) is 4.24. The Balaban J connectivity index is 1.08. The second-order valence-electron chi connectivity index (χ2n) is 10.2. The van der Waals surface area contributed by atoms with E-state index in [1.165, 1.54) is 33.7 Å². The number of aromatic amines is 1. The maximum absolute atomic E-state index is 14.2. The van der Waals surface area contributed by atoms with Crippen LogP contribution in [-0.2, 0) is 22.6 Å². The van der Waals surface area contributed by atoms with Gasteiger partial charge in [0.25, 0.3) is 5.91 Å². The molecule has 7 nitrogen and oxygen atoms in total. The highest BCUT2D eigenvalue weighted by atomic mass is 33.1. The van der Waals surface area contributed by atoms with Gasteiger partial charge in [0, 0.05) is 60.7 Å². The van der Waals surface area contributed by atoms with Gasteiger partial charge in [-0.15, -0.1) is 0 Å². The number of hydrogen-bond acceptors (Lipinski definition) is 6. The summed E-state index contributed by atoms with van der Waals surface area (Å²) in [5.41, 5.74) is 4.39. The van der Waals surface area contributed by atoms with Gasteiger partial charge in [0.05, 0.1) is 12.0 Å². The van der Waals surface area contributed by atoms with Crippen LogP contribution in [0.5, 0.6) is 5.75 Å². The Morgan fingerprint density at radius 3 is 2.29 bits per heavy atom. The molecule has 0 saturated heterocycles. The average molecular weight is 664 g/mol. The first kappa shape index (κ1) is 32.4. The third-order valence-corrected chi connectivity index (χ3v) is 9.53. The number of nitrogens with zero attached hydrogens (tertiary/aromatic N) is 1. The highest BCUT2D eigenvalue weighted by molar-refractivity contribution is 8.76. The van der Waals surface area contributed by atoms with Crippen molar-refractivity contribution in [3.8, 4) is 17.0 Å². The largest absolute Gasteiger partial charge is 0.420 e. The summed E-state index contributed by atoms with van der Waals surface area (Å²) >= 11 is 0. The minimum absolute atomic E-state index is 0.0228. The van der Waals surface area contributed by atoms with Crippen LogP contribution in [-0.4, -0.2) is 52.8 Å². The molecule has 2 N–H and O–H groups in total. The predicted octanol–water partition coefficient (Wildman–Crippen LogP) is 6.54. The van der Waals surface area contributed by atoms with Gasteiger partial charge in [0.2, 0.25) is 23.3 Å². The van der Waals surface area contributed by atoms with Crippen LogP contribution in [0.15, 0.2) is 42.5 Å². The van der Waals surface area contributed by atoms with E-state index in [0.717, 1.165) is 27.8 Å². The molecule has 1 aliphatic rings. The molecule has 0 fully saturated rings. The van der Waals surface area contributed by atoms with Gasteiger partial charge >= 0.3 is 5.97 Å². The van der Waals surface area contributed by atoms with Crippen LogP contribution in [0.3, 0.4) is 0 Å². The molecular weight excluding hydrogens is 637 g/mol. The Hall–Kier alpha value is -4.04. The van der Waals surface area contributed by atoms with Crippen LogP contribution < -0.4 is 10.1 Å². The summed E-state index contributed by atoms with van der Waals surface area (Å²) in [6.07, 6.45) is 0.542. The van der Waals surface area contributed by atoms with Gasteiger partial charge in [-0.2, -0.15) is 8.78 Å². The molecule has 3 aromatic carbocycles. The summed E-state index contributed by atoms with van der Waals surface area (Å²) in [5.74, 6) is -9.68. The quantitative estimate of drug-likeness (QED) is 0.0473. The number of rotatable bonds is 11. The molecule has 0 unspecified atom stereocenters. The highest BCUT2D eigenvalue weighted by Gasteiger charge is 2.24. The van der Waals surface area contributed by atoms with Crippen molar-refractivity contribution in [1.82, 2.24) is 15.2 Å². The molecule has 0 atom stereocenters. The smallest absolute Gasteiger partial charge is 0.312 e. The van der Waals surface area contributed by atoms with E-state index in [9.17, 15) is 36.3 Å². The molecule has 5 rings (SSSR count). The van der Waals surface area contributed by atoms with Gasteiger partial charge in [-0.1, -0.05) is 45.9 Å². The molecule has 45 heavy (non-hydrogen) atoms. The topological polar surface area (TPSA) is 91.5 Å². The lowest BCUT2D eigenvalue weighted by Gasteiger charge is -2.17. The summed E-state index contributed by atoms with van der Waals surface area (Å²) in [6.45, 7) is 0.800. The van der Waals surface area contributed by atoms with Crippen molar-refractivity contribution in [3.05, 3.63) is 88.2 Å². The van der Waals surface area contributed by atoms with E-state index in [2.05, 4.69) is 15.0 Å². The van der Waals surface area contributed by atoms with Gasteiger partial charge in [0.1, 0.15) is 5.82 Å². The SMILES string of the molecule is CN(Cc1ccc(-c2[nH]c3cc(F)cc4c3c2CCNC4=O)cc1)C(=O)CCSSCCC(=O)Oc1c(F)c(F)cc(F)c1F. The third-order valence-electron chi connectivity index (χ3n) is 7.12. The molecule has 0 bridgehead atoms. The number of hydrogen-bond donors (Lipinski definition) is 2. The fourth-order valence-electron chi connectivity index (χ4n) is 4.94. The molecule has 1 aromatic heterocycles. The number of amides is 2. The minimum Gasteiger partial charge on any atom is -0.420 e. The maximum Gasteiger partial charge on any atom is 0.312 e. The number of ether oxygens (including phenoxy) is 1. The zero-order valence-electron chi connectivity index (χ0n) is 23.8. The number of nitrogens with one attached hydrogen (secondary N) is 2. The number of aromatic nitrogens is 1. The second-order valence-corrected chi connectivity index (χ2v) is 12.9. The Bertz CT molecular complexity index is 1760. The number of carbonyl (C=O) groups is 3. The molecule has 0 spiro atoms. The monoisotopic (exact) mass is 663 g/mol. The lowest BCUT2D eigenvalue weighted by molar-refractivity contribution is -0.134. The van der Waals surface area contributed by atoms with Crippen LogP contribution in [0.25, 0.3) is 22.2 Å². The van der Waals surface area contributed by atoms with Crippen molar-refractivity contribution in [2.75, 3.05) is 25.1 Å². The zero-order valence-corrected chi connectivity index (χ0v) is 25.4. The molecule has 4 aromatic rings. The minimum atomic E-state index is -1.79. The molecule has 0 aliphatic carbocycles. The Labute approximate surface area is 262 Å². The lowest BCUT2D eigenvalue weighted by atomic mass is 9.99. The first-order valence-corrected chi connectivity index (χ1v) is 16.3. The number of H-pyrrole nitrogens is 1. The Morgan fingerprint density at radius 2 is 1.60 bits per heavy atom. The Kier molecular flexibility index (Phi) is 10.0. The number of esters is 1. The van der Waals surface area contributed by atoms with Gasteiger partial charge in [-0.05, 0) is 35.2 Å². The molecule has 236 valence electrons. The van der Waals surface area contributed by atoms with Crippen molar-refractivity contribution in [1.29, 1.82) is 0 Å². The number of halogens is 5. The second kappa shape index (κ2) is 13.9. The summed E-state index contributed by atoms with van der Waals surface area (Å²) in [5, 5.41) is 3.53. The molecule has 0 radical (unpaired) electrons. The first-order valence-electron chi connectivity index (χ1n) is 13.8. The molecule has 14 heteroatoms. The van der Waals surface area contributed by atoms with E-state index >= 15 is 0 Å². The number of carbonyl (C=O) groups excluding carboxylic acids is 3. The van der Waals surface area contributed by atoms with Crippen LogP contribution in [0, 0.1) is 29.1 Å². The maximum atomic E-state index is 14.2. The third kappa shape index (κ3) is 7.28. The average Bonchev–Trinajstić information content (AvgIpc) is 3.28. The van der Waals surface area contributed by atoms with Crippen LogP contribution in [0.4, 0.5) is 22.0 Å². The van der Waals surface area contributed by atoms with E-state index in [1.54, 1.807) is 11.9 Å². The van der Waals surface area contributed by atoms with Gasteiger partial charge in [-0.25, -0.2) is 13.2 Å². The number of benzene rings is 3. The predicted molar refractivity (Wildman–Crippen MR) is 162 cm³/mol. The van der Waals surface area contributed by atoms with Crippen molar-refractivity contribution in [2.24, 2.45) is 0 Å². The fraction of sp³-hybridized carbons (Fsp3) is 0.258. The van der Waals surface area contributed by atoms with Gasteiger partial charge < -0.3 is 19.9 Å². The van der Waals surface area contributed by atoms with Gasteiger partial charge in [0.15, 0.2) is 11.6 Å². The standard InChI is InChI=1S/C31H26F5N3O4S2/c1-39(24(40)7-10-44-45-11-8-25(41)43-30-27(35)21(33)14-22(34)28(30)36)15-16-2-4-17(5-3-16)29-19-6-9-37-31(42)20-12-18(32)13-23(38-29)26(19)20/h2-5,12-14,38H,6-11,15H2,1H3,(H,37,42). The van der Waals surface area contributed by atoms with Crippen LogP contribution in [0.2, 0.25) is 0 Å². The van der Waals surface area contributed by atoms with Crippen LogP contribution >= 0.6 is 21.6 Å². The lowest BCUT2D eigenvalue weighted by Crippen LogP contribution is -2.26. The molecular formula is C31H26F5N3O4S2. The Morgan fingerprint density at radius 1 is 0.933 bits per heavy atom. The van der Waals surface area contributed by atoms with E-state index in [4.69, 9.17) is 0 Å². The summed E-state index contributed by atoms with van der Waals surface area (Å²) < 4.78 is 72.4. The zero-order chi connectivity index (χ0) is 32.2. The molecule has 1 aliphatic heterocycles. The van der Waals surface area contributed by atoms with E-state index in [-0.39, 0.29) is 36.5 Å². The van der Waals surface area contributed by atoms with E-state index in [0.29, 0.717) is 36.3 Å². The van der Waals surface area contributed by atoms with Crippen molar-refractivity contribution >= 4 is 50.3 Å². The normalized spacial score (nSPS) is 12.6. The summed E-state index contributed by atoms with van der Waals surface area (Å²) in [4.78, 5) is 41.8. The van der Waals surface area contributed by atoms with Crippen molar-refractivity contribution in [3.63, 3.8) is 0 Å². The first-order chi connectivity index (χ1) is 21.5. The van der Waals surface area contributed by atoms with Crippen molar-refractivity contribution < 1.29 is 41.1 Å². The highest BCUT2D eigenvalue weighted by Crippen LogP contribution is 2.35. The van der Waals surface area contributed by atoms with Crippen LogP contribution in [0.1, 0.15) is 34.3 Å². The van der Waals surface area contributed by atoms with E-state index in [1.807, 2.05) is 24.3 Å². The van der Waals surface area contributed by atoms with Crippen molar-refractivity contribution in [2.45, 2.75) is 25.8 Å². The fourth-order valence-corrected chi connectivity index (χ4v) is 6.90. The van der Waals surface area contributed by atoms with Gasteiger partial charge in [-0.3, -0.25) is 14.4 Å². The molecule has 2 heterocycles. The molecule has 0 saturated carbocycles.